The normalized spacial score (nSPS) is 21.8. The monoisotopic (exact) mass is 358 g/mol. The highest BCUT2D eigenvalue weighted by atomic mass is 32.1. The van der Waals surface area contributed by atoms with Crippen molar-refractivity contribution in [2.24, 2.45) is 5.92 Å². The van der Waals surface area contributed by atoms with Crippen LogP contribution in [0, 0.1) is 5.92 Å². The Balaban J connectivity index is 1.29. The molecule has 1 spiro atoms. The first-order chi connectivity index (χ1) is 12.2. The summed E-state index contributed by atoms with van der Waals surface area (Å²) in [5.41, 5.74) is 0.519. The van der Waals surface area contributed by atoms with Crippen LogP contribution in [0.5, 0.6) is 0 Å². The molecular formula is C19H22N2O3S. The van der Waals surface area contributed by atoms with Crippen LogP contribution in [0.25, 0.3) is 10.2 Å². The molecule has 4 rings (SSSR count). The molecule has 1 unspecified atom stereocenters. The van der Waals surface area contributed by atoms with Crippen molar-refractivity contribution < 1.29 is 14.3 Å². The molecule has 1 aromatic heterocycles. The number of ether oxygens (including phenoxy) is 1. The van der Waals surface area contributed by atoms with Crippen molar-refractivity contribution in [1.82, 2.24) is 10.3 Å². The topological polar surface area (TPSA) is 68.3 Å². The molecule has 5 nitrogen and oxygen atoms in total. The number of esters is 1. The zero-order valence-corrected chi connectivity index (χ0v) is 14.9. The van der Waals surface area contributed by atoms with Gasteiger partial charge in [0.2, 0.25) is 5.91 Å². The van der Waals surface area contributed by atoms with Gasteiger partial charge in [-0.05, 0) is 44.2 Å². The van der Waals surface area contributed by atoms with Crippen LogP contribution in [0.1, 0.15) is 43.5 Å². The molecule has 6 heteroatoms. The average Bonchev–Trinajstić information content (AvgIpc) is 3.30. The van der Waals surface area contributed by atoms with Crippen molar-refractivity contribution >= 4 is 33.4 Å². The summed E-state index contributed by atoms with van der Waals surface area (Å²) in [6.07, 6.45) is 5.64. The van der Waals surface area contributed by atoms with E-state index in [4.69, 9.17) is 4.74 Å². The molecule has 1 saturated heterocycles. The summed E-state index contributed by atoms with van der Waals surface area (Å²) in [6.45, 7) is 0.607. The Morgan fingerprint density at radius 3 is 2.92 bits per heavy atom. The molecule has 2 heterocycles. The molecule has 1 amide bonds. The second-order valence-electron chi connectivity index (χ2n) is 6.97. The number of hydrogen-bond donors (Lipinski definition) is 1. The summed E-state index contributed by atoms with van der Waals surface area (Å²) in [5.74, 6) is -0.571. The van der Waals surface area contributed by atoms with E-state index < -0.39 is 5.60 Å². The molecule has 2 aliphatic rings. The van der Waals surface area contributed by atoms with Gasteiger partial charge in [-0.1, -0.05) is 12.1 Å². The summed E-state index contributed by atoms with van der Waals surface area (Å²) in [4.78, 5) is 28.9. The Bertz CT molecular complexity index is 762. The van der Waals surface area contributed by atoms with Crippen LogP contribution in [0.4, 0.5) is 0 Å². The van der Waals surface area contributed by atoms with E-state index in [-0.39, 0.29) is 24.2 Å². The maximum Gasteiger partial charge on any atom is 0.307 e. The number of amides is 1. The van der Waals surface area contributed by atoms with Gasteiger partial charge in [0.05, 0.1) is 27.6 Å². The molecule has 1 N–H and O–H groups in total. The quantitative estimate of drug-likeness (QED) is 0.658. The van der Waals surface area contributed by atoms with Crippen LogP contribution in [0.15, 0.2) is 24.3 Å². The van der Waals surface area contributed by atoms with E-state index in [2.05, 4.69) is 16.4 Å². The average molecular weight is 358 g/mol. The highest BCUT2D eigenvalue weighted by Gasteiger charge is 2.53. The molecule has 2 aromatic rings. The van der Waals surface area contributed by atoms with Gasteiger partial charge >= 0.3 is 5.97 Å². The van der Waals surface area contributed by atoms with Crippen LogP contribution in [0.2, 0.25) is 0 Å². The maximum atomic E-state index is 12.5. The van der Waals surface area contributed by atoms with Crippen LogP contribution in [0.3, 0.4) is 0 Å². The molecular weight excluding hydrogens is 336 g/mol. The van der Waals surface area contributed by atoms with Gasteiger partial charge in [-0.25, -0.2) is 4.98 Å². The molecule has 0 radical (unpaired) electrons. The van der Waals surface area contributed by atoms with Gasteiger partial charge < -0.3 is 10.1 Å². The standard InChI is InChI=1S/C19H22N2O3S/c22-17-12-13(19(24-17)9-3-4-10-19)18(23)20-11-5-8-16-21-14-6-1-2-7-15(14)25-16/h1-2,6-7,13H,3-5,8-12H2,(H,20,23). The molecule has 1 aromatic carbocycles. The third-order valence-electron chi connectivity index (χ3n) is 5.29. The number of thiazole rings is 1. The van der Waals surface area contributed by atoms with Crippen molar-refractivity contribution in [3.8, 4) is 0 Å². The Morgan fingerprint density at radius 2 is 2.12 bits per heavy atom. The Morgan fingerprint density at radius 1 is 1.32 bits per heavy atom. The molecule has 1 aliphatic carbocycles. The van der Waals surface area contributed by atoms with Crippen molar-refractivity contribution in [2.45, 2.75) is 50.5 Å². The lowest BCUT2D eigenvalue weighted by Gasteiger charge is -2.27. The fourth-order valence-electron chi connectivity index (χ4n) is 4.05. The summed E-state index contributed by atoms with van der Waals surface area (Å²) in [7, 11) is 0. The number of rotatable bonds is 5. The second-order valence-corrected chi connectivity index (χ2v) is 8.09. The minimum atomic E-state index is -0.520. The van der Waals surface area contributed by atoms with Gasteiger partial charge in [-0.2, -0.15) is 0 Å². The first-order valence-corrected chi connectivity index (χ1v) is 9.82. The fraction of sp³-hybridized carbons (Fsp3) is 0.526. The summed E-state index contributed by atoms with van der Waals surface area (Å²) < 4.78 is 6.75. The van der Waals surface area contributed by atoms with E-state index >= 15 is 0 Å². The predicted octanol–water partition coefficient (Wildman–Crippen LogP) is 3.22. The lowest BCUT2D eigenvalue weighted by molar-refractivity contribution is -0.149. The van der Waals surface area contributed by atoms with Gasteiger partial charge in [0, 0.05) is 13.0 Å². The SMILES string of the molecule is O=C1CC(C(=O)NCCCc2nc3ccccc3s2)C2(CCCC2)O1. The van der Waals surface area contributed by atoms with Gasteiger partial charge in [0.1, 0.15) is 5.60 Å². The highest BCUT2D eigenvalue weighted by molar-refractivity contribution is 7.18. The first-order valence-electron chi connectivity index (χ1n) is 9.00. The Hall–Kier alpha value is -1.95. The predicted molar refractivity (Wildman–Crippen MR) is 96.3 cm³/mol. The Labute approximate surface area is 150 Å². The lowest BCUT2D eigenvalue weighted by atomic mass is 9.85. The number of para-hydroxylation sites is 1. The van der Waals surface area contributed by atoms with Crippen LogP contribution in [-0.4, -0.2) is 29.0 Å². The summed E-state index contributed by atoms with van der Waals surface area (Å²) >= 11 is 1.71. The number of benzene rings is 1. The van der Waals surface area contributed by atoms with Crippen molar-refractivity contribution in [2.75, 3.05) is 6.54 Å². The van der Waals surface area contributed by atoms with Crippen molar-refractivity contribution in [3.63, 3.8) is 0 Å². The van der Waals surface area contributed by atoms with E-state index in [0.29, 0.717) is 6.54 Å². The number of aromatic nitrogens is 1. The maximum absolute atomic E-state index is 12.5. The van der Waals surface area contributed by atoms with Crippen LogP contribution >= 0.6 is 11.3 Å². The van der Waals surface area contributed by atoms with Gasteiger partial charge in [0.25, 0.3) is 0 Å². The van der Waals surface area contributed by atoms with Gasteiger partial charge in [-0.3, -0.25) is 9.59 Å². The van der Waals surface area contributed by atoms with Crippen molar-refractivity contribution in [3.05, 3.63) is 29.3 Å². The third kappa shape index (κ3) is 3.27. The van der Waals surface area contributed by atoms with Gasteiger partial charge in [-0.15, -0.1) is 11.3 Å². The van der Waals surface area contributed by atoms with Gasteiger partial charge in [0.15, 0.2) is 0 Å². The van der Waals surface area contributed by atoms with E-state index in [0.717, 1.165) is 49.0 Å². The molecule has 2 fully saturated rings. The Kier molecular flexibility index (Phi) is 4.46. The number of nitrogens with one attached hydrogen (secondary N) is 1. The number of carbonyl (C=O) groups excluding carboxylic acids is 2. The highest BCUT2D eigenvalue weighted by Crippen LogP contribution is 2.45. The lowest BCUT2D eigenvalue weighted by Crippen LogP contribution is -2.43. The molecule has 25 heavy (non-hydrogen) atoms. The first kappa shape index (κ1) is 16.5. The fourth-order valence-corrected chi connectivity index (χ4v) is 5.06. The molecule has 0 bridgehead atoms. The minimum absolute atomic E-state index is 0.0305. The minimum Gasteiger partial charge on any atom is -0.458 e. The van der Waals surface area contributed by atoms with Crippen LogP contribution < -0.4 is 5.32 Å². The number of carbonyl (C=O) groups is 2. The summed E-state index contributed by atoms with van der Waals surface area (Å²) in [6, 6.07) is 8.12. The summed E-state index contributed by atoms with van der Waals surface area (Å²) in [5, 5.41) is 4.11. The van der Waals surface area contributed by atoms with E-state index in [1.54, 1.807) is 11.3 Å². The third-order valence-corrected chi connectivity index (χ3v) is 6.39. The van der Waals surface area contributed by atoms with Crippen LogP contribution in [-0.2, 0) is 20.7 Å². The van der Waals surface area contributed by atoms with Crippen molar-refractivity contribution in [1.29, 1.82) is 0 Å². The number of hydrogen-bond acceptors (Lipinski definition) is 5. The smallest absolute Gasteiger partial charge is 0.307 e. The van der Waals surface area contributed by atoms with E-state index in [9.17, 15) is 9.59 Å². The molecule has 1 aliphatic heterocycles. The number of nitrogens with zero attached hydrogens (tertiary/aromatic N) is 1. The number of fused-ring (bicyclic) bond motifs is 1. The molecule has 1 saturated carbocycles. The molecule has 132 valence electrons. The second kappa shape index (κ2) is 6.75. The zero-order chi connectivity index (χ0) is 17.3. The van der Waals surface area contributed by atoms with E-state index in [1.807, 2.05) is 18.2 Å². The molecule has 1 atom stereocenters. The largest absolute Gasteiger partial charge is 0.458 e. The van der Waals surface area contributed by atoms with E-state index in [1.165, 1.54) is 4.70 Å². The zero-order valence-electron chi connectivity index (χ0n) is 14.1. The number of aryl methyl sites for hydroxylation is 1.